The van der Waals surface area contributed by atoms with Crippen LogP contribution < -0.4 is 5.32 Å². The van der Waals surface area contributed by atoms with E-state index < -0.39 is 11.5 Å². The third-order valence-electron chi connectivity index (χ3n) is 4.59. The zero-order valence-electron chi connectivity index (χ0n) is 12.6. The van der Waals surface area contributed by atoms with Crippen LogP contribution in [0.4, 0.5) is 0 Å². The molecule has 5 nitrogen and oxygen atoms in total. The zero-order chi connectivity index (χ0) is 15.7. The first kappa shape index (κ1) is 14.6. The number of hydrogen-bond acceptors (Lipinski definition) is 2. The van der Waals surface area contributed by atoms with Gasteiger partial charge in [-0.05, 0) is 37.0 Å². The summed E-state index contributed by atoms with van der Waals surface area (Å²) in [5.74, 6) is -1.15. The number of aromatic nitrogens is 1. The maximum absolute atomic E-state index is 12.3. The fraction of sp³-hybridized carbons (Fsp3) is 0.412. The highest BCUT2D eigenvalue weighted by molar-refractivity contribution is 5.93. The summed E-state index contributed by atoms with van der Waals surface area (Å²) in [4.78, 5) is 27.0. The summed E-state index contributed by atoms with van der Waals surface area (Å²) in [6.45, 7) is 2.01. The first-order valence-electron chi connectivity index (χ1n) is 7.62. The Labute approximate surface area is 128 Å². The van der Waals surface area contributed by atoms with Gasteiger partial charge in [-0.15, -0.1) is 0 Å². The molecule has 3 rings (SSSR count). The van der Waals surface area contributed by atoms with Gasteiger partial charge in [0.2, 0.25) is 5.91 Å². The van der Waals surface area contributed by atoms with E-state index in [1.54, 1.807) is 0 Å². The Morgan fingerprint density at radius 3 is 2.73 bits per heavy atom. The Kier molecular flexibility index (Phi) is 3.64. The number of carbonyl (C=O) groups excluding carboxylic acids is 1. The van der Waals surface area contributed by atoms with Crippen LogP contribution in [0, 0.1) is 6.92 Å². The minimum atomic E-state index is -1.07. The third-order valence-corrected chi connectivity index (χ3v) is 4.59. The Hall–Kier alpha value is -2.30. The maximum atomic E-state index is 12.3. The second-order valence-electron chi connectivity index (χ2n) is 6.13. The topological polar surface area (TPSA) is 82.2 Å². The van der Waals surface area contributed by atoms with Crippen molar-refractivity contribution in [2.24, 2.45) is 0 Å². The molecule has 0 saturated heterocycles. The molecule has 0 bridgehead atoms. The number of carboxylic acids is 1. The average Bonchev–Trinajstić information content (AvgIpc) is 3.08. The molecule has 22 heavy (non-hydrogen) atoms. The lowest BCUT2D eigenvalue weighted by atomic mass is 9.97. The lowest BCUT2D eigenvalue weighted by molar-refractivity contribution is -0.147. The van der Waals surface area contributed by atoms with Crippen LogP contribution in [-0.2, 0) is 16.0 Å². The number of H-pyrrole nitrogens is 1. The molecular weight excluding hydrogens is 280 g/mol. The number of aliphatic carboxylic acids is 1. The van der Waals surface area contributed by atoms with Crippen molar-refractivity contribution >= 4 is 22.8 Å². The van der Waals surface area contributed by atoms with Crippen LogP contribution in [0.3, 0.4) is 0 Å². The van der Waals surface area contributed by atoms with Crippen molar-refractivity contribution in [3.63, 3.8) is 0 Å². The molecule has 0 atom stereocenters. The Morgan fingerprint density at radius 1 is 1.32 bits per heavy atom. The number of rotatable bonds is 4. The molecule has 0 unspecified atom stereocenters. The number of carboxylic acid groups (broad SMARTS) is 1. The Bertz CT molecular complexity index is 727. The van der Waals surface area contributed by atoms with Crippen molar-refractivity contribution in [2.45, 2.75) is 44.6 Å². The number of fused-ring (bicyclic) bond motifs is 1. The largest absolute Gasteiger partial charge is 0.480 e. The van der Waals surface area contributed by atoms with E-state index >= 15 is 0 Å². The number of benzene rings is 1. The molecule has 1 heterocycles. The van der Waals surface area contributed by atoms with Crippen LogP contribution in [0.5, 0.6) is 0 Å². The monoisotopic (exact) mass is 300 g/mol. The van der Waals surface area contributed by atoms with E-state index in [4.69, 9.17) is 0 Å². The quantitative estimate of drug-likeness (QED) is 0.811. The highest BCUT2D eigenvalue weighted by atomic mass is 16.4. The van der Waals surface area contributed by atoms with Crippen LogP contribution >= 0.6 is 0 Å². The van der Waals surface area contributed by atoms with E-state index in [0.29, 0.717) is 12.8 Å². The van der Waals surface area contributed by atoms with Gasteiger partial charge in [-0.1, -0.05) is 25.0 Å². The molecule has 5 heteroatoms. The molecule has 0 aliphatic heterocycles. The summed E-state index contributed by atoms with van der Waals surface area (Å²) >= 11 is 0. The number of aryl methyl sites for hydroxylation is 1. The molecule has 1 aliphatic rings. The van der Waals surface area contributed by atoms with Gasteiger partial charge in [-0.3, -0.25) is 4.79 Å². The molecule has 1 saturated carbocycles. The fourth-order valence-electron chi connectivity index (χ4n) is 3.45. The number of aromatic amines is 1. The predicted molar refractivity (Wildman–Crippen MR) is 83.7 cm³/mol. The zero-order valence-corrected chi connectivity index (χ0v) is 12.6. The van der Waals surface area contributed by atoms with E-state index in [2.05, 4.69) is 10.3 Å². The van der Waals surface area contributed by atoms with Crippen molar-refractivity contribution in [3.05, 3.63) is 35.5 Å². The standard InChI is InChI=1S/C17H20N2O3/c1-11-5-4-6-13-15(11)12(10-18-13)9-14(20)19-17(16(21)22)7-2-3-8-17/h4-6,10,18H,2-3,7-9H2,1H3,(H,19,20)(H,21,22). The van der Waals surface area contributed by atoms with Gasteiger partial charge in [-0.2, -0.15) is 0 Å². The van der Waals surface area contributed by atoms with Gasteiger partial charge in [0.05, 0.1) is 6.42 Å². The summed E-state index contributed by atoms with van der Waals surface area (Å²) in [6.07, 6.45) is 4.75. The van der Waals surface area contributed by atoms with Crippen molar-refractivity contribution in [1.82, 2.24) is 10.3 Å². The van der Waals surface area contributed by atoms with E-state index in [0.717, 1.165) is 34.9 Å². The second kappa shape index (κ2) is 5.48. The molecule has 1 aromatic carbocycles. The number of amides is 1. The fourth-order valence-corrected chi connectivity index (χ4v) is 3.45. The first-order chi connectivity index (χ1) is 10.5. The first-order valence-corrected chi connectivity index (χ1v) is 7.62. The van der Waals surface area contributed by atoms with E-state index in [-0.39, 0.29) is 12.3 Å². The van der Waals surface area contributed by atoms with Gasteiger partial charge < -0.3 is 15.4 Å². The molecule has 0 radical (unpaired) electrons. The van der Waals surface area contributed by atoms with E-state index in [9.17, 15) is 14.7 Å². The third kappa shape index (κ3) is 2.47. The van der Waals surface area contributed by atoms with E-state index in [1.165, 1.54) is 0 Å². The Morgan fingerprint density at radius 2 is 2.05 bits per heavy atom. The SMILES string of the molecule is Cc1cccc2[nH]cc(CC(=O)NC3(C(=O)O)CCCC3)c12. The van der Waals surface area contributed by atoms with Crippen molar-refractivity contribution in [1.29, 1.82) is 0 Å². The normalized spacial score (nSPS) is 16.8. The number of hydrogen-bond donors (Lipinski definition) is 3. The van der Waals surface area contributed by atoms with Crippen LogP contribution in [0.1, 0.15) is 36.8 Å². The molecule has 2 aromatic rings. The Balaban J connectivity index is 1.80. The predicted octanol–water partition coefficient (Wildman–Crippen LogP) is 2.53. The van der Waals surface area contributed by atoms with Gasteiger partial charge in [0, 0.05) is 17.1 Å². The van der Waals surface area contributed by atoms with Crippen LogP contribution in [0.2, 0.25) is 0 Å². The smallest absolute Gasteiger partial charge is 0.329 e. The number of carbonyl (C=O) groups is 2. The van der Waals surface area contributed by atoms with Gasteiger partial charge in [-0.25, -0.2) is 4.79 Å². The summed E-state index contributed by atoms with van der Waals surface area (Å²) in [7, 11) is 0. The average molecular weight is 300 g/mol. The van der Waals surface area contributed by atoms with Crippen LogP contribution in [0.25, 0.3) is 10.9 Å². The minimum absolute atomic E-state index is 0.194. The van der Waals surface area contributed by atoms with Gasteiger partial charge in [0.1, 0.15) is 5.54 Å². The minimum Gasteiger partial charge on any atom is -0.480 e. The molecular formula is C17H20N2O3. The van der Waals surface area contributed by atoms with E-state index in [1.807, 2.05) is 31.3 Å². The van der Waals surface area contributed by atoms with Gasteiger partial charge in [0.15, 0.2) is 0 Å². The second-order valence-corrected chi connectivity index (χ2v) is 6.13. The molecule has 1 aliphatic carbocycles. The summed E-state index contributed by atoms with van der Waals surface area (Å²) in [5, 5.41) is 13.2. The highest BCUT2D eigenvalue weighted by Crippen LogP contribution is 2.30. The molecule has 1 fully saturated rings. The van der Waals surface area contributed by atoms with Crippen LogP contribution in [-0.4, -0.2) is 27.5 Å². The summed E-state index contributed by atoms with van der Waals surface area (Å²) < 4.78 is 0. The van der Waals surface area contributed by atoms with Gasteiger partial charge >= 0.3 is 5.97 Å². The summed E-state index contributed by atoms with van der Waals surface area (Å²) in [6, 6.07) is 5.95. The molecule has 1 amide bonds. The van der Waals surface area contributed by atoms with Crippen molar-refractivity contribution in [3.8, 4) is 0 Å². The number of nitrogens with one attached hydrogen (secondary N) is 2. The lowest BCUT2D eigenvalue weighted by Crippen LogP contribution is -2.52. The van der Waals surface area contributed by atoms with Crippen molar-refractivity contribution < 1.29 is 14.7 Å². The molecule has 1 aromatic heterocycles. The molecule has 3 N–H and O–H groups in total. The van der Waals surface area contributed by atoms with Gasteiger partial charge in [0.25, 0.3) is 0 Å². The lowest BCUT2D eigenvalue weighted by Gasteiger charge is -2.25. The van der Waals surface area contributed by atoms with Crippen molar-refractivity contribution in [2.75, 3.05) is 0 Å². The highest BCUT2D eigenvalue weighted by Gasteiger charge is 2.42. The summed E-state index contributed by atoms with van der Waals surface area (Å²) in [5.41, 5.74) is 1.94. The molecule has 0 spiro atoms. The maximum Gasteiger partial charge on any atom is 0.329 e. The molecule has 116 valence electrons. The van der Waals surface area contributed by atoms with Crippen LogP contribution in [0.15, 0.2) is 24.4 Å².